The number of thioether (sulfide) groups is 2. The zero-order chi connectivity index (χ0) is 11.2. The van der Waals surface area contributed by atoms with E-state index in [0.29, 0.717) is 5.92 Å². The van der Waals surface area contributed by atoms with Gasteiger partial charge in [0.1, 0.15) is 0 Å². The maximum absolute atomic E-state index is 2.42. The van der Waals surface area contributed by atoms with Gasteiger partial charge in [-0.3, -0.25) is 0 Å². The summed E-state index contributed by atoms with van der Waals surface area (Å²) in [7, 11) is 0. The Kier molecular flexibility index (Phi) is 5.11. The van der Waals surface area contributed by atoms with E-state index in [-0.39, 0.29) is 0 Å². The first-order valence-corrected chi connectivity index (χ1v) is 8.21. The average molecular weight is 252 g/mol. The molecule has 0 saturated carbocycles. The molecule has 0 unspecified atom stereocenters. The fourth-order valence-corrected chi connectivity index (χ4v) is 5.48. The number of rotatable bonds is 3. The van der Waals surface area contributed by atoms with Gasteiger partial charge in [0.05, 0.1) is 4.58 Å². The van der Waals surface area contributed by atoms with Crippen LogP contribution in [0.25, 0.3) is 0 Å². The average Bonchev–Trinajstić information content (AvgIpc) is 2.38. The Bertz CT molecular complexity index is 285. The lowest BCUT2D eigenvalue weighted by Crippen LogP contribution is -2.24. The highest BCUT2D eigenvalue weighted by molar-refractivity contribution is 8.17. The molecule has 0 aromatic carbocycles. The molecule has 0 N–H and O–H groups in total. The van der Waals surface area contributed by atoms with Gasteiger partial charge in [-0.1, -0.05) is 36.5 Å². The molecule has 0 spiro atoms. The van der Waals surface area contributed by atoms with Crippen LogP contribution in [0.5, 0.6) is 0 Å². The number of allylic oxidation sites excluding steroid dienone is 6. The Hall–Kier alpha value is -0.0800. The van der Waals surface area contributed by atoms with Crippen molar-refractivity contribution in [1.82, 2.24) is 0 Å². The van der Waals surface area contributed by atoms with Gasteiger partial charge in [-0.2, -0.15) is 0 Å². The predicted octanol–water partition coefficient (Wildman–Crippen LogP) is 4.51. The third-order valence-corrected chi connectivity index (χ3v) is 6.26. The topological polar surface area (TPSA) is 0 Å². The quantitative estimate of drug-likeness (QED) is 0.678. The third-order valence-electron chi connectivity index (χ3n) is 3.11. The fraction of sp³-hybridized carbons (Fsp3) is 0.571. The van der Waals surface area contributed by atoms with Crippen LogP contribution in [0.1, 0.15) is 19.8 Å². The normalized spacial score (nSPS) is 31.3. The summed E-state index contributed by atoms with van der Waals surface area (Å²) in [5.74, 6) is 4.14. The first kappa shape index (κ1) is 12.4. The first-order chi connectivity index (χ1) is 7.92. The van der Waals surface area contributed by atoms with Crippen LogP contribution < -0.4 is 0 Å². The largest absolute Gasteiger partial charge is 0.147 e. The van der Waals surface area contributed by atoms with Gasteiger partial charge >= 0.3 is 0 Å². The molecule has 2 atom stereocenters. The molecule has 1 heterocycles. The van der Waals surface area contributed by atoms with Gasteiger partial charge in [-0.25, -0.2) is 0 Å². The molecule has 0 aromatic rings. The molecule has 0 nitrogen and oxygen atoms in total. The first-order valence-electron chi connectivity index (χ1n) is 6.11. The van der Waals surface area contributed by atoms with Crippen molar-refractivity contribution in [3.63, 3.8) is 0 Å². The highest BCUT2D eigenvalue weighted by atomic mass is 32.2. The lowest BCUT2D eigenvalue weighted by molar-refractivity contribution is 0.505. The molecular formula is C14H20S2. The van der Waals surface area contributed by atoms with Crippen LogP contribution in [-0.2, 0) is 0 Å². The summed E-state index contributed by atoms with van der Waals surface area (Å²) < 4.78 is 0.783. The summed E-state index contributed by atoms with van der Waals surface area (Å²) in [6.45, 7) is 2.11. The zero-order valence-electron chi connectivity index (χ0n) is 9.84. The summed E-state index contributed by atoms with van der Waals surface area (Å²) in [6.07, 6.45) is 16.3. The summed E-state index contributed by atoms with van der Waals surface area (Å²) in [5, 5.41) is 0. The lowest BCUT2D eigenvalue weighted by Gasteiger charge is -2.32. The molecule has 16 heavy (non-hydrogen) atoms. The third kappa shape index (κ3) is 3.21. The van der Waals surface area contributed by atoms with Crippen molar-refractivity contribution in [2.45, 2.75) is 24.3 Å². The molecular weight excluding hydrogens is 232 g/mol. The second-order valence-electron chi connectivity index (χ2n) is 4.28. The Morgan fingerprint density at radius 3 is 2.69 bits per heavy atom. The summed E-state index contributed by atoms with van der Waals surface area (Å²) >= 11 is 4.32. The zero-order valence-corrected chi connectivity index (χ0v) is 11.5. The highest BCUT2D eigenvalue weighted by Crippen LogP contribution is 2.41. The van der Waals surface area contributed by atoms with Gasteiger partial charge in [0, 0.05) is 5.92 Å². The van der Waals surface area contributed by atoms with Gasteiger partial charge in [-0.15, -0.1) is 23.5 Å². The van der Waals surface area contributed by atoms with Crippen molar-refractivity contribution in [1.29, 1.82) is 0 Å². The van der Waals surface area contributed by atoms with E-state index in [1.165, 1.54) is 24.3 Å². The second kappa shape index (κ2) is 6.61. The Labute approximate surface area is 108 Å². The van der Waals surface area contributed by atoms with Gasteiger partial charge in [0.25, 0.3) is 0 Å². The predicted molar refractivity (Wildman–Crippen MR) is 78.0 cm³/mol. The van der Waals surface area contributed by atoms with E-state index in [2.05, 4.69) is 66.9 Å². The number of hydrogen-bond donors (Lipinski definition) is 0. The minimum absolute atomic E-state index is 0.712. The van der Waals surface area contributed by atoms with Crippen LogP contribution in [-0.4, -0.2) is 16.1 Å². The maximum atomic E-state index is 2.42. The molecule has 1 aliphatic heterocycles. The molecule has 0 aromatic heterocycles. The molecule has 1 saturated heterocycles. The lowest BCUT2D eigenvalue weighted by atomic mass is 9.87. The Morgan fingerprint density at radius 1 is 1.19 bits per heavy atom. The number of hydrogen-bond acceptors (Lipinski definition) is 2. The van der Waals surface area contributed by atoms with Crippen molar-refractivity contribution >= 4 is 23.5 Å². The van der Waals surface area contributed by atoms with Crippen molar-refractivity contribution in [3.8, 4) is 0 Å². The van der Waals surface area contributed by atoms with Gasteiger partial charge < -0.3 is 0 Å². The van der Waals surface area contributed by atoms with E-state index in [1.807, 2.05) is 0 Å². The van der Waals surface area contributed by atoms with Crippen molar-refractivity contribution in [2.24, 2.45) is 11.8 Å². The molecule has 2 rings (SSSR count). The van der Waals surface area contributed by atoms with E-state index < -0.39 is 0 Å². The fourth-order valence-electron chi connectivity index (χ4n) is 2.22. The molecule has 0 radical (unpaired) electrons. The SMILES string of the molecule is C/C=C/C[C@@H]1C=CC=C[C@@H]1C1SCCCS1. The summed E-state index contributed by atoms with van der Waals surface area (Å²) in [5.41, 5.74) is 0. The molecule has 0 bridgehead atoms. The van der Waals surface area contributed by atoms with E-state index >= 15 is 0 Å². The molecule has 2 aliphatic rings. The van der Waals surface area contributed by atoms with Crippen LogP contribution in [0.2, 0.25) is 0 Å². The Morgan fingerprint density at radius 2 is 1.94 bits per heavy atom. The Balaban J connectivity index is 1.98. The van der Waals surface area contributed by atoms with Crippen LogP contribution >= 0.6 is 23.5 Å². The van der Waals surface area contributed by atoms with Crippen LogP contribution in [0.15, 0.2) is 36.5 Å². The molecule has 1 aliphatic carbocycles. The van der Waals surface area contributed by atoms with Crippen LogP contribution in [0.3, 0.4) is 0 Å². The maximum Gasteiger partial charge on any atom is 0.0570 e. The summed E-state index contributed by atoms with van der Waals surface area (Å²) in [6, 6.07) is 0. The standard InChI is InChI=1S/C14H20S2/c1-2-3-7-12-8-4-5-9-13(12)14-15-10-6-11-16-14/h2-5,8-9,12-14H,6-7,10-11H2,1H3/b3-2+/t12-,13+/m1/s1. The van der Waals surface area contributed by atoms with Crippen molar-refractivity contribution in [2.75, 3.05) is 11.5 Å². The van der Waals surface area contributed by atoms with Crippen LogP contribution in [0, 0.1) is 11.8 Å². The van der Waals surface area contributed by atoms with E-state index in [1.54, 1.807) is 0 Å². The van der Waals surface area contributed by atoms with Gasteiger partial charge in [0.2, 0.25) is 0 Å². The molecule has 2 heteroatoms. The minimum atomic E-state index is 0.712. The van der Waals surface area contributed by atoms with E-state index in [9.17, 15) is 0 Å². The van der Waals surface area contributed by atoms with Gasteiger partial charge in [-0.05, 0) is 37.2 Å². The summed E-state index contributed by atoms with van der Waals surface area (Å²) in [4.78, 5) is 0. The van der Waals surface area contributed by atoms with Gasteiger partial charge in [0.15, 0.2) is 0 Å². The molecule has 0 amide bonds. The van der Waals surface area contributed by atoms with Crippen molar-refractivity contribution < 1.29 is 0 Å². The van der Waals surface area contributed by atoms with E-state index in [0.717, 1.165) is 10.5 Å². The molecule has 1 fully saturated rings. The molecule has 88 valence electrons. The van der Waals surface area contributed by atoms with Crippen LogP contribution in [0.4, 0.5) is 0 Å². The van der Waals surface area contributed by atoms with E-state index in [4.69, 9.17) is 0 Å². The van der Waals surface area contributed by atoms with Crippen molar-refractivity contribution in [3.05, 3.63) is 36.5 Å². The second-order valence-corrected chi connectivity index (χ2v) is 7.08. The monoisotopic (exact) mass is 252 g/mol. The highest BCUT2D eigenvalue weighted by Gasteiger charge is 2.28. The smallest absolute Gasteiger partial charge is 0.0570 e. The minimum Gasteiger partial charge on any atom is -0.147 e.